The molecule has 0 unspecified atom stereocenters. The lowest BCUT2D eigenvalue weighted by Gasteiger charge is -2.12. The SMILES string of the molecule is c1ccc(-n2c3ccc(-c4ccc5c(c4)c4ccccc4n5-c4cccc(-c5ccc6c(ccc7c6c6cc(-c8ccc9c(c8)c8ccccc8n9-c8ncc9c%10c(cccc8%10)-c8cccnc8-9)ccc6n7-c6ccccc6)c5)c4)cc3c3cc(-c4ncc5c6c(cccc46)-c4cccnc4-5)ccc32)cc1. The highest BCUT2D eigenvalue weighted by molar-refractivity contribution is 6.24. The van der Waals surface area contributed by atoms with Crippen LogP contribution in [0.4, 0.5) is 0 Å². The lowest BCUT2D eigenvalue weighted by Crippen LogP contribution is -1.99. The molecule has 24 rings (SSSR count). The van der Waals surface area contributed by atoms with Crippen molar-refractivity contribution in [2.24, 2.45) is 0 Å². The third-order valence-electron chi connectivity index (χ3n) is 23.0. The molecule has 8 aromatic heterocycles. The Labute approximate surface area is 606 Å². The van der Waals surface area contributed by atoms with Crippen LogP contribution in [-0.4, -0.2) is 38.2 Å². The van der Waals surface area contributed by atoms with Crippen molar-refractivity contribution in [2.75, 3.05) is 0 Å². The van der Waals surface area contributed by atoms with Gasteiger partial charge in [-0.2, -0.15) is 0 Å². The largest absolute Gasteiger partial charge is 0.309 e. The predicted molar refractivity (Wildman–Crippen MR) is 438 cm³/mol. The van der Waals surface area contributed by atoms with E-state index in [2.05, 4.69) is 322 Å². The predicted octanol–water partition coefficient (Wildman–Crippen LogP) is 25.1. The van der Waals surface area contributed by atoms with Gasteiger partial charge in [0.25, 0.3) is 0 Å². The highest BCUT2D eigenvalue weighted by atomic mass is 15.1. The van der Waals surface area contributed by atoms with E-state index in [0.717, 1.165) is 151 Å². The summed E-state index contributed by atoms with van der Waals surface area (Å²) < 4.78 is 9.64. The molecule has 0 bridgehead atoms. The molecular formula is C98H56N8. The molecule has 8 nitrogen and oxygen atoms in total. The molecule has 0 amide bonds. The highest BCUT2D eigenvalue weighted by Gasteiger charge is 2.29. The van der Waals surface area contributed by atoms with Crippen molar-refractivity contribution >= 4 is 120 Å². The fourth-order valence-electron chi connectivity index (χ4n) is 18.4. The fourth-order valence-corrected chi connectivity index (χ4v) is 18.4. The summed E-state index contributed by atoms with van der Waals surface area (Å²) in [7, 11) is 0. The number of rotatable bonds is 8. The lowest BCUT2D eigenvalue weighted by molar-refractivity contribution is 1.10. The zero-order valence-corrected chi connectivity index (χ0v) is 56.9. The molecule has 0 saturated carbocycles. The Morgan fingerprint density at radius 1 is 0.189 bits per heavy atom. The molecule has 8 heteroatoms. The minimum Gasteiger partial charge on any atom is -0.309 e. The maximum Gasteiger partial charge on any atom is 0.145 e. The number of fused-ring (bicyclic) bond motifs is 20. The number of para-hydroxylation sites is 4. The third kappa shape index (κ3) is 8.01. The molecule has 22 aromatic rings. The summed E-state index contributed by atoms with van der Waals surface area (Å²) in [5, 5.41) is 16.7. The van der Waals surface area contributed by atoms with E-state index in [0.29, 0.717) is 0 Å². The molecule has 106 heavy (non-hydrogen) atoms. The van der Waals surface area contributed by atoms with Gasteiger partial charge < -0.3 is 13.7 Å². The summed E-state index contributed by atoms with van der Waals surface area (Å²) in [5.41, 5.74) is 30.5. The van der Waals surface area contributed by atoms with Gasteiger partial charge in [-0.05, 0) is 189 Å². The summed E-state index contributed by atoms with van der Waals surface area (Å²) in [4.78, 5) is 20.1. The topological polar surface area (TPSA) is 71.3 Å². The maximum atomic E-state index is 5.27. The van der Waals surface area contributed by atoms with Gasteiger partial charge in [-0.3, -0.25) is 19.5 Å². The Kier molecular flexibility index (Phi) is 11.7. The van der Waals surface area contributed by atoms with Crippen LogP contribution in [-0.2, 0) is 0 Å². The summed E-state index contributed by atoms with van der Waals surface area (Å²) in [6.45, 7) is 0. The third-order valence-corrected chi connectivity index (χ3v) is 23.0. The molecule has 2 aliphatic carbocycles. The molecule has 8 heterocycles. The quantitative estimate of drug-likeness (QED) is 0.152. The fraction of sp³-hybridized carbons (Fsp3) is 0. The molecule has 0 aliphatic heterocycles. The summed E-state index contributed by atoms with van der Waals surface area (Å²) in [5.74, 6) is 0.920. The average Bonchev–Trinajstić information content (AvgIpc) is 1.57. The van der Waals surface area contributed by atoms with Crippen LogP contribution < -0.4 is 0 Å². The average molecular weight is 1350 g/mol. The van der Waals surface area contributed by atoms with Gasteiger partial charge in [-0.1, -0.05) is 182 Å². The van der Waals surface area contributed by atoms with Gasteiger partial charge in [0, 0.05) is 134 Å². The van der Waals surface area contributed by atoms with Crippen LogP contribution >= 0.6 is 0 Å². The number of nitrogens with zero attached hydrogens (tertiary/aromatic N) is 8. The van der Waals surface area contributed by atoms with E-state index in [1.165, 1.54) is 81.3 Å². The van der Waals surface area contributed by atoms with Crippen LogP contribution in [0.15, 0.2) is 340 Å². The van der Waals surface area contributed by atoms with E-state index in [1.54, 1.807) is 0 Å². The van der Waals surface area contributed by atoms with E-state index in [9.17, 15) is 0 Å². The van der Waals surface area contributed by atoms with Crippen LogP contribution in [0.3, 0.4) is 0 Å². The number of aromatic nitrogens is 8. The maximum absolute atomic E-state index is 5.27. The molecule has 0 saturated heterocycles. The zero-order valence-electron chi connectivity index (χ0n) is 56.9. The highest BCUT2D eigenvalue weighted by Crippen LogP contribution is 2.51. The second kappa shape index (κ2) is 21.6. The first-order chi connectivity index (χ1) is 52.6. The molecule has 0 N–H and O–H groups in total. The number of hydrogen-bond donors (Lipinski definition) is 0. The smallest absolute Gasteiger partial charge is 0.145 e. The minimum atomic E-state index is 0.920. The van der Waals surface area contributed by atoms with E-state index >= 15 is 0 Å². The van der Waals surface area contributed by atoms with Crippen molar-refractivity contribution in [3.63, 3.8) is 0 Å². The Balaban J connectivity index is 0.603. The van der Waals surface area contributed by atoms with Crippen LogP contribution in [0.5, 0.6) is 0 Å². The summed E-state index contributed by atoms with van der Waals surface area (Å²) in [6, 6.07) is 116. The summed E-state index contributed by atoms with van der Waals surface area (Å²) in [6.07, 6.45) is 7.80. The number of benzene rings is 14. The first kappa shape index (κ1) is 57.3. The normalized spacial score (nSPS) is 12.3. The number of hydrogen-bond acceptors (Lipinski definition) is 4. The Morgan fingerprint density at radius 3 is 1.24 bits per heavy atom. The van der Waals surface area contributed by atoms with Crippen molar-refractivity contribution in [3.8, 4) is 112 Å². The minimum absolute atomic E-state index is 0.920. The van der Waals surface area contributed by atoms with Gasteiger partial charge in [-0.25, -0.2) is 4.98 Å². The Morgan fingerprint density at radius 2 is 0.604 bits per heavy atom. The van der Waals surface area contributed by atoms with Crippen molar-refractivity contribution in [2.45, 2.75) is 0 Å². The first-order valence-electron chi connectivity index (χ1n) is 36.2. The standard InChI is InChI=1S/C98H56N8/c1-3-17-65(18-4-1)103-87-41-34-61(52-79(87)80-54-64(38-44-88(80)103)95-75-26-12-24-71-73-28-14-46-99-96(73)82(55-101-95)92(71)75)59-33-40-86-77(50-59)69-22-7-9-30-84(69)105(86)67-21-11-16-57(49-67)58-32-39-68-63(48-58)37-45-91-94(68)81-53-62(36-43-90(81)104(91)66-19-5-2-6-20-66)60-35-42-89-78(51-60)70-23-8-10-31-85(70)106(89)98-76-27-13-25-72-74-29-15-47-100-97(74)83(56-102-98)93(72)76/h1-56H. The van der Waals surface area contributed by atoms with Crippen molar-refractivity contribution in [1.82, 2.24) is 38.2 Å². The summed E-state index contributed by atoms with van der Waals surface area (Å²) >= 11 is 0. The number of pyridine rings is 4. The van der Waals surface area contributed by atoms with Crippen LogP contribution in [0, 0.1) is 0 Å². The molecule has 0 fully saturated rings. The molecule has 14 aromatic carbocycles. The Bertz CT molecular complexity index is 7580. The van der Waals surface area contributed by atoms with Crippen molar-refractivity contribution in [1.29, 1.82) is 0 Å². The zero-order chi connectivity index (χ0) is 69.0. The van der Waals surface area contributed by atoms with E-state index in [4.69, 9.17) is 19.9 Å². The van der Waals surface area contributed by atoms with Crippen molar-refractivity contribution in [3.05, 3.63) is 340 Å². The van der Waals surface area contributed by atoms with Gasteiger partial charge in [0.2, 0.25) is 0 Å². The lowest BCUT2D eigenvalue weighted by atomic mass is 9.96. The van der Waals surface area contributed by atoms with E-state index in [1.807, 2.05) is 36.9 Å². The monoisotopic (exact) mass is 1340 g/mol. The van der Waals surface area contributed by atoms with E-state index < -0.39 is 0 Å². The van der Waals surface area contributed by atoms with Gasteiger partial charge in [0.1, 0.15) is 5.82 Å². The van der Waals surface area contributed by atoms with E-state index in [-0.39, 0.29) is 0 Å². The van der Waals surface area contributed by atoms with Gasteiger partial charge in [0.05, 0.1) is 61.2 Å². The Hall–Kier alpha value is -14.3. The van der Waals surface area contributed by atoms with Crippen LogP contribution in [0.2, 0.25) is 0 Å². The molecule has 0 spiro atoms. The molecule has 2 aliphatic rings. The van der Waals surface area contributed by atoms with Gasteiger partial charge in [0.15, 0.2) is 0 Å². The van der Waals surface area contributed by atoms with Crippen LogP contribution in [0.25, 0.3) is 232 Å². The van der Waals surface area contributed by atoms with Gasteiger partial charge in [-0.15, -0.1) is 0 Å². The second-order valence-electron chi connectivity index (χ2n) is 28.4. The molecule has 488 valence electrons. The first-order valence-corrected chi connectivity index (χ1v) is 36.2. The van der Waals surface area contributed by atoms with Crippen LogP contribution in [0.1, 0.15) is 0 Å². The molecule has 0 atom stereocenters. The molecule has 0 radical (unpaired) electrons. The molecular weight excluding hydrogens is 1290 g/mol. The van der Waals surface area contributed by atoms with Crippen molar-refractivity contribution < 1.29 is 0 Å². The van der Waals surface area contributed by atoms with Gasteiger partial charge >= 0.3 is 0 Å². The second-order valence-corrected chi connectivity index (χ2v) is 28.4.